The van der Waals surface area contributed by atoms with Crippen molar-refractivity contribution in [2.24, 2.45) is 5.92 Å². The maximum Gasteiger partial charge on any atom is 0.290 e. The van der Waals surface area contributed by atoms with Crippen LogP contribution >= 0.6 is 0 Å². The van der Waals surface area contributed by atoms with Crippen LogP contribution in [-0.2, 0) is 14.4 Å². The van der Waals surface area contributed by atoms with E-state index >= 15 is 0 Å². The summed E-state index contributed by atoms with van der Waals surface area (Å²) in [5, 5.41) is 19.7. The lowest BCUT2D eigenvalue weighted by Gasteiger charge is -2.33. The summed E-state index contributed by atoms with van der Waals surface area (Å²) in [5.74, 6) is 0.347. The standard InChI is InChI=1S/C18H25N5O3.CH2O2/c24-16-10-23(8-7-19-16)18(26)12-3-5-13(6-4-12)20-17(25)15-9-14(21-22-15)11-1-2-11;2-1-3/h9,11-13H,1-8,10H2,(H,19,24)(H,20,25)(H,21,22);1H,(H,2,3). The van der Waals surface area contributed by atoms with E-state index in [0.717, 1.165) is 31.4 Å². The van der Waals surface area contributed by atoms with Crippen molar-refractivity contribution in [1.82, 2.24) is 25.7 Å². The van der Waals surface area contributed by atoms with E-state index in [1.807, 2.05) is 6.07 Å². The molecule has 0 bridgehead atoms. The quantitative estimate of drug-likeness (QED) is 0.528. The topological polar surface area (TPSA) is 144 Å². The molecule has 0 spiro atoms. The summed E-state index contributed by atoms with van der Waals surface area (Å²) in [6.07, 6.45) is 5.38. The lowest BCUT2D eigenvalue weighted by atomic mass is 9.85. The highest BCUT2D eigenvalue weighted by molar-refractivity contribution is 5.92. The zero-order chi connectivity index (χ0) is 20.8. The number of nitrogens with one attached hydrogen (secondary N) is 3. The van der Waals surface area contributed by atoms with Crippen LogP contribution in [0.3, 0.4) is 0 Å². The smallest absolute Gasteiger partial charge is 0.290 e. The molecule has 10 nitrogen and oxygen atoms in total. The van der Waals surface area contributed by atoms with Gasteiger partial charge < -0.3 is 20.6 Å². The summed E-state index contributed by atoms with van der Waals surface area (Å²) in [5.41, 5.74) is 1.50. The number of nitrogens with zero attached hydrogens (tertiary/aromatic N) is 2. The minimum atomic E-state index is -0.250. The normalized spacial score (nSPS) is 24.0. The molecule has 0 aromatic carbocycles. The molecular formula is C19H27N5O5. The van der Waals surface area contributed by atoms with E-state index in [9.17, 15) is 14.4 Å². The maximum absolute atomic E-state index is 12.6. The zero-order valence-corrected chi connectivity index (χ0v) is 16.2. The molecule has 1 aromatic heterocycles. The second-order valence-corrected chi connectivity index (χ2v) is 7.72. The summed E-state index contributed by atoms with van der Waals surface area (Å²) >= 11 is 0. The Balaban J connectivity index is 0.000000755. The van der Waals surface area contributed by atoms with Crippen LogP contribution in [0, 0.1) is 5.92 Å². The molecule has 10 heteroatoms. The van der Waals surface area contributed by atoms with Crippen LogP contribution in [0.1, 0.15) is 60.6 Å². The predicted molar refractivity (Wildman–Crippen MR) is 102 cm³/mol. The van der Waals surface area contributed by atoms with Crippen molar-refractivity contribution in [3.8, 4) is 0 Å². The zero-order valence-electron chi connectivity index (χ0n) is 16.2. The van der Waals surface area contributed by atoms with Gasteiger partial charge in [0, 0.05) is 36.7 Å². The van der Waals surface area contributed by atoms with E-state index < -0.39 is 0 Å². The summed E-state index contributed by atoms with van der Waals surface area (Å²) in [4.78, 5) is 46.4. The van der Waals surface area contributed by atoms with E-state index in [0.29, 0.717) is 24.7 Å². The number of piperazine rings is 1. The van der Waals surface area contributed by atoms with Crippen molar-refractivity contribution >= 4 is 24.2 Å². The number of H-pyrrole nitrogens is 1. The lowest BCUT2D eigenvalue weighted by molar-refractivity contribution is -0.142. The van der Waals surface area contributed by atoms with Gasteiger partial charge in [-0.2, -0.15) is 5.10 Å². The Morgan fingerprint density at radius 1 is 1.21 bits per heavy atom. The number of hydrogen-bond acceptors (Lipinski definition) is 5. The second kappa shape index (κ2) is 9.53. The first-order valence-electron chi connectivity index (χ1n) is 10.0. The van der Waals surface area contributed by atoms with Gasteiger partial charge in [-0.05, 0) is 44.6 Å². The molecule has 2 heterocycles. The molecule has 2 saturated carbocycles. The Morgan fingerprint density at radius 2 is 1.90 bits per heavy atom. The molecular weight excluding hydrogens is 378 g/mol. The average Bonchev–Trinajstić information content (AvgIpc) is 3.45. The minimum Gasteiger partial charge on any atom is -0.483 e. The summed E-state index contributed by atoms with van der Waals surface area (Å²) in [6, 6.07) is 1.93. The molecule has 0 atom stereocenters. The van der Waals surface area contributed by atoms with Crippen LogP contribution in [0.4, 0.5) is 0 Å². The first-order chi connectivity index (χ1) is 14.0. The third kappa shape index (κ3) is 5.55. The van der Waals surface area contributed by atoms with Crippen molar-refractivity contribution < 1.29 is 24.3 Å². The van der Waals surface area contributed by atoms with Gasteiger partial charge in [0.05, 0.1) is 6.54 Å². The largest absolute Gasteiger partial charge is 0.483 e. The third-order valence-electron chi connectivity index (χ3n) is 5.61. The van der Waals surface area contributed by atoms with Gasteiger partial charge in [-0.15, -0.1) is 0 Å². The number of carbonyl (C=O) groups is 4. The molecule has 158 valence electrons. The Labute approximate surface area is 168 Å². The van der Waals surface area contributed by atoms with Crippen molar-refractivity contribution in [1.29, 1.82) is 0 Å². The predicted octanol–water partition coefficient (Wildman–Crippen LogP) is 0.235. The number of carboxylic acid groups (broad SMARTS) is 1. The molecule has 3 amide bonds. The van der Waals surface area contributed by atoms with Gasteiger partial charge in [-0.1, -0.05) is 0 Å². The number of hydrogen-bond donors (Lipinski definition) is 4. The highest BCUT2D eigenvalue weighted by Gasteiger charge is 2.32. The molecule has 1 aliphatic heterocycles. The highest BCUT2D eigenvalue weighted by atomic mass is 16.3. The highest BCUT2D eigenvalue weighted by Crippen LogP contribution is 2.39. The van der Waals surface area contributed by atoms with Gasteiger partial charge in [0.1, 0.15) is 5.69 Å². The fourth-order valence-corrected chi connectivity index (χ4v) is 3.89. The average molecular weight is 405 g/mol. The van der Waals surface area contributed by atoms with Gasteiger partial charge >= 0.3 is 0 Å². The summed E-state index contributed by atoms with van der Waals surface area (Å²) in [6.45, 7) is 1.03. The molecule has 3 fully saturated rings. The Morgan fingerprint density at radius 3 is 2.52 bits per heavy atom. The van der Waals surface area contributed by atoms with E-state index in [4.69, 9.17) is 9.90 Å². The van der Waals surface area contributed by atoms with E-state index in [1.165, 1.54) is 12.8 Å². The molecule has 0 radical (unpaired) electrons. The van der Waals surface area contributed by atoms with Crippen LogP contribution < -0.4 is 10.6 Å². The molecule has 2 aliphatic carbocycles. The SMILES string of the molecule is O=C1CN(C(=O)C2CCC(NC(=O)c3cc(C4CC4)[nH]n3)CC2)CCN1.O=CO. The molecule has 1 aromatic rings. The lowest BCUT2D eigenvalue weighted by Crippen LogP contribution is -2.52. The van der Waals surface area contributed by atoms with Crippen LogP contribution in [0.15, 0.2) is 6.07 Å². The Kier molecular flexibility index (Phi) is 6.84. The molecule has 1 saturated heterocycles. The molecule has 0 unspecified atom stereocenters. The minimum absolute atomic E-state index is 0.0408. The Bertz CT molecular complexity index is 752. The number of amides is 3. The van der Waals surface area contributed by atoms with Crippen LogP contribution in [-0.4, -0.2) is 70.1 Å². The molecule has 29 heavy (non-hydrogen) atoms. The maximum atomic E-state index is 12.6. The van der Waals surface area contributed by atoms with Crippen LogP contribution in [0.5, 0.6) is 0 Å². The monoisotopic (exact) mass is 405 g/mol. The Hall–Kier alpha value is -2.91. The number of aromatic amines is 1. The molecule has 3 aliphatic rings. The van der Waals surface area contributed by atoms with Gasteiger partial charge in [-0.25, -0.2) is 0 Å². The first kappa shape index (κ1) is 20.8. The van der Waals surface area contributed by atoms with Crippen molar-refractivity contribution in [3.63, 3.8) is 0 Å². The van der Waals surface area contributed by atoms with Crippen molar-refractivity contribution in [2.45, 2.75) is 50.5 Å². The van der Waals surface area contributed by atoms with E-state index in [2.05, 4.69) is 20.8 Å². The van der Waals surface area contributed by atoms with Gasteiger partial charge in [-0.3, -0.25) is 24.3 Å². The second-order valence-electron chi connectivity index (χ2n) is 7.72. The van der Waals surface area contributed by atoms with Crippen molar-refractivity contribution in [3.05, 3.63) is 17.5 Å². The first-order valence-corrected chi connectivity index (χ1v) is 10.0. The van der Waals surface area contributed by atoms with Gasteiger partial charge in [0.15, 0.2) is 0 Å². The summed E-state index contributed by atoms with van der Waals surface area (Å²) in [7, 11) is 0. The van der Waals surface area contributed by atoms with E-state index in [1.54, 1.807) is 4.90 Å². The summed E-state index contributed by atoms with van der Waals surface area (Å²) < 4.78 is 0. The molecule has 4 rings (SSSR count). The van der Waals surface area contributed by atoms with Crippen molar-refractivity contribution in [2.75, 3.05) is 19.6 Å². The molecule has 4 N–H and O–H groups in total. The number of rotatable bonds is 4. The van der Waals surface area contributed by atoms with Crippen LogP contribution in [0.25, 0.3) is 0 Å². The van der Waals surface area contributed by atoms with Gasteiger partial charge in [0.25, 0.3) is 12.4 Å². The number of carbonyl (C=O) groups excluding carboxylic acids is 3. The van der Waals surface area contributed by atoms with Gasteiger partial charge in [0.2, 0.25) is 11.8 Å². The number of aromatic nitrogens is 2. The fraction of sp³-hybridized carbons (Fsp3) is 0.632. The van der Waals surface area contributed by atoms with E-state index in [-0.39, 0.29) is 42.7 Å². The fourth-order valence-electron chi connectivity index (χ4n) is 3.89. The third-order valence-corrected chi connectivity index (χ3v) is 5.61. The van der Waals surface area contributed by atoms with Crippen LogP contribution in [0.2, 0.25) is 0 Å².